The van der Waals surface area contributed by atoms with Crippen molar-refractivity contribution < 1.29 is 9.18 Å². The molecule has 0 amide bonds. The highest BCUT2D eigenvalue weighted by Crippen LogP contribution is 2.26. The molecule has 1 aromatic heterocycles. The summed E-state index contributed by atoms with van der Waals surface area (Å²) in [4.78, 5) is 12.9. The van der Waals surface area contributed by atoms with Crippen molar-refractivity contribution in [2.75, 3.05) is 0 Å². The third-order valence-electron chi connectivity index (χ3n) is 4.42. The van der Waals surface area contributed by atoms with E-state index in [4.69, 9.17) is 11.6 Å². The molecule has 4 heteroatoms. The Balaban J connectivity index is 1.80. The first-order valence-electron chi connectivity index (χ1n) is 8.25. The van der Waals surface area contributed by atoms with E-state index in [1.54, 1.807) is 18.3 Å². The number of carbonyl (C=O) groups is 1. The van der Waals surface area contributed by atoms with Crippen molar-refractivity contribution in [2.45, 2.75) is 6.54 Å². The fraction of sp³-hybridized carbons (Fsp3) is 0.0455. The van der Waals surface area contributed by atoms with Gasteiger partial charge in [0.1, 0.15) is 5.82 Å². The molecule has 0 unspecified atom stereocenters. The van der Waals surface area contributed by atoms with Crippen LogP contribution in [0.2, 0.25) is 5.02 Å². The molecule has 128 valence electrons. The number of halogens is 2. The predicted molar refractivity (Wildman–Crippen MR) is 102 cm³/mol. The number of hydrogen-bond donors (Lipinski definition) is 0. The van der Waals surface area contributed by atoms with Gasteiger partial charge in [-0.25, -0.2) is 4.39 Å². The van der Waals surface area contributed by atoms with E-state index >= 15 is 0 Å². The van der Waals surface area contributed by atoms with Crippen LogP contribution in [0.3, 0.4) is 0 Å². The summed E-state index contributed by atoms with van der Waals surface area (Å²) in [6, 6.07) is 21.3. The number of aromatic nitrogens is 1. The van der Waals surface area contributed by atoms with E-state index in [-0.39, 0.29) is 11.3 Å². The van der Waals surface area contributed by atoms with Crippen molar-refractivity contribution in [1.82, 2.24) is 4.57 Å². The van der Waals surface area contributed by atoms with Crippen molar-refractivity contribution in [3.63, 3.8) is 0 Å². The van der Waals surface area contributed by atoms with Gasteiger partial charge in [0.2, 0.25) is 0 Å². The molecule has 0 radical (unpaired) electrons. The van der Waals surface area contributed by atoms with E-state index in [9.17, 15) is 9.18 Å². The normalized spacial score (nSPS) is 11.0. The topological polar surface area (TPSA) is 22.0 Å². The summed E-state index contributed by atoms with van der Waals surface area (Å²) in [6.45, 7) is 0.599. The lowest BCUT2D eigenvalue weighted by atomic mass is 10.0. The molecule has 0 aliphatic carbocycles. The quantitative estimate of drug-likeness (QED) is 0.425. The zero-order valence-corrected chi connectivity index (χ0v) is 14.6. The molecule has 2 nitrogen and oxygen atoms in total. The average molecular weight is 364 g/mol. The molecule has 0 aliphatic rings. The molecule has 0 spiro atoms. The maximum Gasteiger partial charge on any atom is 0.198 e. The van der Waals surface area contributed by atoms with Crippen LogP contribution in [0.1, 0.15) is 21.5 Å². The Morgan fingerprint density at radius 1 is 0.885 bits per heavy atom. The lowest BCUT2D eigenvalue weighted by Gasteiger charge is -2.05. The number of ketones is 1. The third-order valence-corrected chi connectivity index (χ3v) is 4.67. The molecule has 4 aromatic rings. The van der Waals surface area contributed by atoms with Crippen LogP contribution >= 0.6 is 11.6 Å². The first-order chi connectivity index (χ1) is 12.6. The van der Waals surface area contributed by atoms with Gasteiger partial charge in [0.15, 0.2) is 5.78 Å². The van der Waals surface area contributed by atoms with Gasteiger partial charge in [-0.3, -0.25) is 4.79 Å². The molecule has 0 bridgehead atoms. The van der Waals surface area contributed by atoms with Crippen LogP contribution in [0.25, 0.3) is 10.9 Å². The fourth-order valence-electron chi connectivity index (χ4n) is 3.14. The number of para-hydroxylation sites is 1. The number of fused-ring (bicyclic) bond motifs is 1. The van der Waals surface area contributed by atoms with Crippen LogP contribution < -0.4 is 0 Å². The second kappa shape index (κ2) is 6.77. The lowest BCUT2D eigenvalue weighted by molar-refractivity contribution is 0.103. The minimum Gasteiger partial charge on any atom is -0.342 e. The highest BCUT2D eigenvalue weighted by atomic mass is 35.5. The Morgan fingerprint density at radius 3 is 2.35 bits per heavy atom. The van der Waals surface area contributed by atoms with Crippen LogP contribution in [-0.2, 0) is 6.54 Å². The number of rotatable bonds is 4. The minimum absolute atomic E-state index is 0.0851. The zero-order valence-electron chi connectivity index (χ0n) is 13.8. The lowest BCUT2D eigenvalue weighted by Crippen LogP contribution is -2.04. The Morgan fingerprint density at radius 2 is 1.58 bits per heavy atom. The van der Waals surface area contributed by atoms with Gasteiger partial charge >= 0.3 is 0 Å². The van der Waals surface area contributed by atoms with E-state index in [1.165, 1.54) is 12.1 Å². The Kier molecular flexibility index (Phi) is 4.31. The summed E-state index contributed by atoms with van der Waals surface area (Å²) in [5.74, 6) is -0.818. The van der Waals surface area contributed by atoms with Gasteiger partial charge in [-0.1, -0.05) is 54.1 Å². The molecule has 26 heavy (non-hydrogen) atoms. The minimum atomic E-state index is -0.507. The first kappa shape index (κ1) is 16.6. The summed E-state index contributed by atoms with van der Waals surface area (Å²) >= 11 is 5.95. The van der Waals surface area contributed by atoms with Crippen molar-refractivity contribution in [3.05, 3.63) is 107 Å². The monoisotopic (exact) mass is 363 g/mol. The molecular weight excluding hydrogens is 349 g/mol. The Bertz CT molecular complexity index is 1100. The zero-order chi connectivity index (χ0) is 18.1. The summed E-state index contributed by atoms with van der Waals surface area (Å²) in [5, 5.41) is 1.50. The van der Waals surface area contributed by atoms with Crippen LogP contribution in [-0.4, -0.2) is 10.4 Å². The van der Waals surface area contributed by atoms with E-state index in [0.717, 1.165) is 16.5 Å². The van der Waals surface area contributed by atoms with Gasteiger partial charge in [0, 0.05) is 34.2 Å². The SMILES string of the molecule is O=C(c1ccccc1F)c1cn(Cc2ccc(Cl)cc2)c2ccccc12. The average Bonchev–Trinajstić information content (AvgIpc) is 3.02. The molecule has 0 N–H and O–H groups in total. The molecule has 1 heterocycles. The second-order valence-corrected chi connectivity index (χ2v) is 6.56. The largest absolute Gasteiger partial charge is 0.342 e. The highest BCUT2D eigenvalue weighted by Gasteiger charge is 2.19. The number of benzene rings is 3. The summed E-state index contributed by atoms with van der Waals surface area (Å²) in [6.07, 6.45) is 1.80. The first-order valence-corrected chi connectivity index (χ1v) is 8.63. The second-order valence-electron chi connectivity index (χ2n) is 6.12. The predicted octanol–water partition coefficient (Wildman–Crippen LogP) is 5.71. The highest BCUT2D eigenvalue weighted by molar-refractivity contribution is 6.30. The maximum atomic E-state index is 14.1. The standard InChI is InChI=1S/C22H15ClFNO/c23-16-11-9-15(10-12-16)13-25-14-19(17-5-2-4-8-21(17)25)22(26)18-6-1-3-7-20(18)24/h1-12,14H,13H2. The van der Waals surface area contributed by atoms with E-state index < -0.39 is 5.82 Å². The van der Waals surface area contributed by atoms with Gasteiger partial charge in [-0.2, -0.15) is 0 Å². The van der Waals surface area contributed by atoms with E-state index in [1.807, 2.05) is 53.1 Å². The summed E-state index contributed by atoms with van der Waals surface area (Å²) in [7, 11) is 0. The van der Waals surface area contributed by atoms with Crippen molar-refractivity contribution in [2.24, 2.45) is 0 Å². The number of hydrogen-bond acceptors (Lipinski definition) is 1. The van der Waals surface area contributed by atoms with E-state index in [2.05, 4.69) is 0 Å². The van der Waals surface area contributed by atoms with Gasteiger partial charge in [0.25, 0.3) is 0 Å². The number of carbonyl (C=O) groups excluding carboxylic acids is 1. The smallest absolute Gasteiger partial charge is 0.198 e. The van der Waals surface area contributed by atoms with Gasteiger partial charge in [0.05, 0.1) is 5.56 Å². The molecule has 4 rings (SSSR count). The van der Waals surface area contributed by atoms with E-state index in [0.29, 0.717) is 17.1 Å². The van der Waals surface area contributed by atoms with Gasteiger partial charge < -0.3 is 4.57 Å². The van der Waals surface area contributed by atoms with Crippen LogP contribution in [0, 0.1) is 5.82 Å². The maximum absolute atomic E-state index is 14.1. The summed E-state index contributed by atoms with van der Waals surface area (Å²) < 4.78 is 16.1. The molecule has 0 saturated heterocycles. The number of nitrogens with zero attached hydrogens (tertiary/aromatic N) is 1. The summed E-state index contributed by atoms with van der Waals surface area (Å²) in [5.41, 5.74) is 2.59. The molecular formula is C22H15ClFNO. The molecule has 3 aromatic carbocycles. The molecule has 0 aliphatic heterocycles. The fourth-order valence-corrected chi connectivity index (χ4v) is 3.26. The van der Waals surface area contributed by atoms with Gasteiger partial charge in [-0.15, -0.1) is 0 Å². The molecule has 0 saturated carbocycles. The Hall–Kier alpha value is -2.91. The van der Waals surface area contributed by atoms with Crippen molar-refractivity contribution >= 4 is 28.3 Å². The molecule has 0 atom stereocenters. The van der Waals surface area contributed by atoms with Crippen LogP contribution in [0.4, 0.5) is 4.39 Å². The van der Waals surface area contributed by atoms with Crippen molar-refractivity contribution in [3.8, 4) is 0 Å². The Labute approximate surface area is 155 Å². The third kappa shape index (κ3) is 3.02. The van der Waals surface area contributed by atoms with Crippen LogP contribution in [0.5, 0.6) is 0 Å². The van der Waals surface area contributed by atoms with Gasteiger partial charge in [-0.05, 0) is 35.9 Å². The van der Waals surface area contributed by atoms with Crippen LogP contribution in [0.15, 0.2) is 79.0 Å². The van der Waals surface area contributed by atoms with Crippen molar-refractivity contribution in [1.29, 1.82) is 0 Å². The molecule has 0 fully saturated rings.